The molecule has 8 heteroatoms. The number of ether oxygens (including phenoxy) is 4. The minimum Gasteiger partial charge on any atom is -0.493 e. The van der Waals surface area contributed by atoms with Crippen molar-refractivity contribution >= 4 is 17.7 Å². The van der Waals surface area contributed by atoms with Gasteiger partial charge in [0.15, 0.2) is 11.5 Å². The van der Waals surface area contributed by atoms with Crippen molar-refractivity contribution in [3.63, 3.8) is 0 Å². The van der Waals surface area contributed by atoms with E-state index < -0.39 is 29.3 Å². The molecule has 0 radical (unpaired) electrons. The van der Waals surface area contributed by atoms with Crippen LogP contribution in [0.4, 0.5) is 0 Å². The predicted octanol–water partition coefficient (Wildman–Crippen LogP) is 2.23. The molecule has 0 bridgehead atoms. The van der Waals surface area contributed by atoms with Gasteiger partial charge in [0.25, 0.3) is 11.7 Å². The molecule has 1 saturated heterocycles. The number of rotatable bonds is 6. The summed E-state index contributed by atoms with van der Waals surface area (Å²) in [4.78, 5) is 39.4. The normalized spacial score (nSPS) is 16.5. The first-order valence-electron chi connectivity index (χ1n) is 9.01. The number of nitrogens with zero attached hydrogens (tertiary/aromatic N) is 1. The van der Waals surface area contributed by atoms with Gasteiger partial charge in [-0.1, -0.05) is 0 Å². The van der Waals surface area contributed by atoms with E-state index in [0.29, 0.717) is 25.1 Å². The van der Waals surface area contributed by atoms with Crippen molar-refractivity contribution in [3.8, 4) is 17.2 Å². The zero-order valence-corrected chi connectivity index (χ0v) is 17.2. The molecule has 1 heterocycles. The highest BCUT2D eigenvalue weighted by atomic mass is 16.6. The van der Waals surface area contributed by atoms with Gasteiger partial charge in [-0.25, -0.2) is 4.79 Å². The summed E-state index contributed by atoms with van der Waals surface area (Å²) in [6.45, 7) is 5.59. The Bertz CT molecular complexity index is 741. The number of carbonyl (C=O) groups excluding carboxylic acids is 3. The Morgan fingerprint density at radius 1 is 1.00 bits per heavy atom. The molecule has 1 aliphatic heterocycles. The van der Waals surface area contributed by atoms with Crippen LogP contribution in [-0.2, 0) is 14.3 Å². The molecule has 1 amide bonds. The lowest BCUT2D eigenvalue weighted by atomic mass is 10.1. The van der Waals surface area contributed by atoms with Crippen LogP contribution in [0.3, 0.4) is 0 Å². The lowest BCUT2D eigenvalue weighted by molar-refractivity contribution is -0.162. The Labute approximate surface area is 164 Å². The molecular weight excluding hydrogens is 366 g/mol. The molecule has 0 N–H and O–H groups in total. The van der Waals surface area contributed by atoms with Crippen molar-refractivity contribution in [1.29, 1.82) is 0 Å². The van der Waals surface area contributed by atoms with E-state index in [-0.39, 0.29) is 17.1 Å². The monoisotopic (exact) mass is 393 g/mol. The Balaban J connectivity index is 2.28. The van der Waals surface area contributed by atoms with Crippen molar-refractivity contribution in [1.82, 2.24) is 4.90 Å². The molecule has 1 atom stereocenters. The zero-order valence-electron chi connectivity index (χ0n) is 17.2. The summed E-state index contributed by atoms with van der Waals surface area (Å²) in [6, 6.07) is 2.07. The molecule has 1 aromatic carbocycles. The van der Waals surface area contributed by atoms with Gasteiger partial charge < -0.3 is 23.8 Å². The van der Waals surface area contributed by atoms with Gasteiger partial charge in [0.05, 0.1) is 21.3 Å². The summed E-state index contributed by atoms with van der Waals surface area (Å²) in [5.41, 5.74) is -0.580. The molecule has 0 aromatic heterocycles. The van der Waals surface area contributed by atoms with E-state index in [9.17, 15) is 14.4 Å². The molecule has 0 saturated carbocycles. The molecule has 28 heavy (non-hydrogen) atoms. The topological polar surface area (TPSA) is 91.4 Å². The van der Waals surface area contributed by atoms with Gasteiger partial charge in [-0.15, -0.1) is 0 Å². The molecule has 1 fully saturated rings. The average molecular weight is 393 g/mol. The number of carbonyl (C=O) groups is 3. The first-order chi connectivity index (χ1) is 13.1. The van der Waals surface area contributed by atoms with Crippen LogP contribution in [-0.4, -0.2) is 62.1 Å². The van der Waals surface area contributed by atoms with Crippen molar-refractivity contribution in [2.75, 3.05) is 27.9 Å². The fraction of sp³-hybridized carbons (Fsp3) is 0.550. The smallest absolute Gasteiger partial charge is 0.329 e. The largest absolute Gasteiger partial charge is 0.493 e. The van der Waals surface area contributed by atoms with E-state index in [1.807, 2.05) is 0 Å². The molecule has 0 aliphatic carbocycles. The molecule has 0 spiro atoms. The summed E-state index contributed by atoms with van der Waals surface area (Å²) in [6.07, 6.45) is 1.08. The van der Waals surface area contributed by atoms with Crippen LogP contribution in [0.2, 0.25) is 0 Å². The van der Waals surface area contributed by atoms with Gasteiger partial charge in [-0.2, -0.15) is 0 Å². The molecule has 0 unspecified atom stereocenters. The first kappa shape index (κ1) is 21.5. The number of likely N-dealkylation sites (tertiary alicyclic amines) is 1. The standard InChI is InChI=1S/C20H27NO7/c1-20(2,3)28-19(24)13-8-7-9-21(13)18(23)16(22)12-10-14(25-4)17(27-6)15(11-12)26-5/h10-11,13H,7-9H2,1-6H3/t13-/m0/s1. The predicted molar refractivity (Wildman–Crippen MR) is 101 cm³/mol. The second-order valence-corrected chi connectivity index (χ2v) is 7.43. The Hall–Kier alpha value is -2.77. The van der Waals surface area contributed by atoms with E-state index in [0.717, 1.165) is 0 Å². The first-order valence-corrected chi connectivity index (χ1v) is 9.01. The van der Waals surface area contributed by atoms with Crippen LogP contribution >= 0.6 is 0 Å². The highest BCUT2D eigenvalue weighted by Gasteiger charge is 2.39. The molecule has 154 valence electrons. The van der Waals surface area contributed by atoms with E-state index in [4.69, 9.17) is 18.9 Å². The fourth-order valence-electron chi connectivity index (χ4n) is 3.09. The summed E-state index contributed by atoms with van der Waals surface area (Å²) in [5.74, 6) is -1.17. The van der Waals surface area contributed by atoms with Crippen LogP contribution in [0.15, 0.2) is 12.1 Å². The highest BCUT2D eigenvalue weighted by molar-refractivity contribution is 6.43. The number of Topliss-reactive ketones (excluding diaryl/α,β-unsaturated/α-hetero) is 1. The second kappa shape index (κ2) is 8.50. The highest BCUT2D eigenvalue weighted by Crippen LogP contribution is 2.38. The zero-order chi connectivity index (χ0) is 21.1. The van der Waals surface area contributed by atoms with Gasteiger partial charge in [0.2, 0.25) is 5.75 Å². The van der Waals surface area contributed by atoms with Gasteiger partial charge in [0.1, 0.15) is 11.6 Å². The number of methoxy groups -OCH3 is 3. The van der Waals surface area contributed by atoms with E-state index in [1.54, 1.807) is 20.8 Å². The van der Waals surface area contributed by atoms with Crippen LogP contribution in [0, 0.1) is 0 Å². The van der Waals surface area contributed by atoms with Gasteiger partial charge >= 0.3 is 5.97 Å². The van der Waals surface area contributed by atoms with E-state index in [1.165, 1.54) is 38.4 Å². The minimum absolute atomic E-state index is 0.0920. The van der Waals surface area contributed by atoms with E-state index >= 15 is 0 Å². The summed E-state index contributed by atoms with van der Waals surface area (Å²) in [7, 11) is 4.29. The van der Waals surface area contributed by atoms with Gasteiger partial charge in [-0.05, 0) is 45.7 Å². The van der Waals surface area contributed by atoms with Crippen LogP contribution < -0.4 is 14.2 Å². The Morgan fingerprint density at radius 2 is 1.57 bits per heavy atom. The molecule has 8 nitrogen and oxygen atoms in total. The lowest BCUT2D eigenvalue weighted by Gasteiger charge is -2.27. The lowest BCUT2D eigenvalue weighted by Crippen LogP contribution is -2.46. The Kier molecular flexibility index (Phi) is 6.53. The van der Waals surface area contributed by atoms with E-state index in [2.05, 4.69) is 0 Å². The maximum absolute atomic E-state index is 12.8. The Morgan fingerprint density at radius 3 is 2.04 bits per heavy atom. The quantitative estimate of drug-likeness (QED) is 0.416. The van der Waals surface area contributed by atoms with Crippen LogP contribution in [0.1, 0.15) is 44.0 Å². The maximum Gasteiger partial charge on any atom is 0.329 e. The SMILES string of the molecule is COc1cc(C(=O)C(=O)N2CCC[C@H]2C(=O)OC(C)(C)C)cc(OC)c1OC. The van der Waals surface area contributed by atoms with Crippen molar-refractivity contribution in [2.24, 2.45) is 0 Å². The number of esters is 1. The molecule has 1 aliphatic rings. The number of amides is 1. The third-order valence-corrected chi connectivity index (χ3v) is 4.31. The summed E-state index contributed by atoms with van der Waals surface area (Å²) < 4.78 is 21.1. The second-order valence-electron chi connectivity index (χ2n) is 7.43. The fourth-order valence-corrected chi connectivity index (χ4v) is 3.09. The summed E-state index contributed by atoms with van der Waals surface area (Å²) >= 11 is 0. The number of benzene rings is 1. The maximum atomic E-state index is 12.8. The molecular formula is C20H27NO7. The van der Waals surface area contributed by atoms with Crippen LogP contribution in [0.5, 0.6) is 17.2 Å². The van der Waals surface area contributed by atoms with Crippen LogP contribution in [0.25, 0.3) is 0 Å². The number of ketones is 1. The molecule has 1 aromatic rings. The number of hydrogen-bond acceptors (Lipinski definition) is 7. The minimum atomic E-state index is -0.766. The average Bonchev–Trinajstić information content (AvgIpc) is 3.14. The summed E-state index contributed by atoms with van der Waals surface area (Å²) in [5, 5.41) is 0. The van der Waals surface area contributed by atoms with Gasteiger partial charge in [-0.3, -0.25) is 9.59 Å². The van der Waals surface area contributed by atoms with Gasteiger partial charge in [0, 0.05) is 12.1 Å². The third-order valence-electron chi connectivity index (χ3n) is 4.31. The third kappa shape index (κ3) is 4.55. The molecule has 2 rings (SSSR count). The van der Waals surface area contributed by atoms with Crippen molar-refractivity contribution < 1.29 is 33.3 Å². The van der Waals surface area contributed by atoms with Crippen molar-refractivity contribution in [3.05, 3.63) is 17.7 Å². The number of hydrogen-bond donors (Lipinski definition) is 0. The van der Waals surface area contributed by atoms with Crippen molar-refractivity contribution in [2.45, 2.75) is 45.3 Å².